The molecule has 152 valence electrons. The number of nitrogens with two attached hydrogens (primary N) is 1. The first-order chi connectivity index (χ1) is 13.0. The molecule has 0 aliphatic heterocycles. The number of hydrogen-bond acceptors (Lipinski definition) is 9. The summed E-state index contributed by atoms with van der Waals surface area (Å²) in [5.41, 5.74) is 9.14. The summed E-state index contributed by atoms with van der Waals surface area (Å²) in [7, 11) is -11.2. The zero-order valence-corrected chi connectivity index (χ0v) is 26.9. The molecule has 0 amide bonds. The summed E-state index contributed by atoms with van der Waals surface area (Å²) in [5, 5.41) is 4.00. The van der Waals surface area contributed by atoms with Crippen LogP contribution >= 0.6 is 43.8 Å². The number of benzene rings is 2. The third-order valence-electron chi connectivity index (χ3n) is 2.90. The monoisotopic (exact) mass is 576 g/mol. The molecule has 0 radical (unpaired) electrons. The first-order valence-corrected chi connectivity index (χ1v) is 11.3. The van der Waals surface area contributed by atoms with Gasteiger partial charge in [0, 0.05) is 15.6 Å². The molecule has 0 aliphatic carbocycles. The molecular formula is C14H12BrN3Na3O7P2S-. The summed E-state index contributed by atoms with van der Waals surface area (Å²) in [5.74, 6) is -0.303. The molecule has 10 nitrogen and oxygen atoms in total. The van der Waals surface area contributed by atoms with Gasteiger partial charge in [-0.1, -0.05) is 40.2 Å². The van der Waals surface area contributed by atoms with Crippen LogP contribution in [-0.2, 0) is 13.4 Å². The van der Waals surface area contributed by atoms with Gasteiger partial charge in [0.05, 0.1) is 13.5 Å². The number of nitrogens with zero attached hydrogens (tertiary/aromatic N) is 1. The normalized spacial score (nSPS) is 12.8. The Hall–Kier alpha value is 1.38. The van der Waals surface area contributed by atoms with Crippen LogP contribution in [0.4, 0.5) is 0 Å². The number of rotatable bonds is 7. The fourth-order valence-corrected chi connectivity index (χ4v) is 3.94. The van der Waals surface area contributed by atoms with Crippen molar-refractivity contribution in [1.29, 1.82) is 0 Å². The van der Waals surface area contributed by atoms with E-state index in [1.165, 1.54) is 18.2 Å². The van der Waals surface area contributed by atoms with Crippen LogP contribution in [0.25, 0.3) is 0 Å². The topological polar surface area (TPSA) is 172 Å². The van der Waals surface area contributed by atoms with E-state index in [1.807, 2.05) is 0 Å². The van der Waals surface area contributed by atoms with Crippen LogP contribution in [-0.4, -0.2) is 10.8 Å². The Kier molecular flexibility index (Phi) is 17.2. The minimum Gasteiger partial charge on any atom is -1.00 e. The molecule has 0 saturated carbocycles. The standard InChI is InChI=1S/C14H14BrN3O7P2S.3Na.H/c15-11-5-1-3-9(7-11)13(17-18-14(16)28)10-4-2-6-12(8-10)24-27(22,23)25-26(19,20)21;;;;/h1-8H,(H,22,23)(H3,16,18,28)(H2,19,20,21);;;;/q;3*+1;-1/p-3. The Morgan fingerprint density at radius 2 is 1.61 bits per heavy atom. The predicted molar refractivity (Wildman–Crippen MR) is 104 cm³/mol. The van der Waals surface area contributed by atoms with Crippen LogP contribution in [0.3, 0.4) is 0 Å². The van der Waals surface area contributed by atoms with Gasteiger partial charge in [-0.2, -0.15) is 5.10 Å². The maximum Gasteiger partial charge on any atom is 1.00 e. The maximum atomic E-state index is 11.6. The number of phosphoric ester groups is 1. The minimum atomic E-state index is -5.80. The van der Waals surface area contributed by atoms with Gasteiger partial charge >= 0.3 is 96.5 Å². The molecule has 0 bridgehead atoms. The van der Waals surface area contributed by atoms with Crippen molar-refractivity contribution in [2.45, 2.75) is 0 Å². The number of hydrazone groups is 1. The van der Waals surface area contributed by atoms with Gasteiger partial charge in [-0.05, 0) is 36.5 Å². The van der Waals surface area contributed by atoms with Gasteiger partial charge in [0.1, 0.15) is 5.75 Å². The predicted octanol–water partition coefficient (Wildman–Crippen LogP) is -8.15. The number of nitrogens with one attached hydrogen (secondary N) is 1. The Morgan fingerprint density at radius 3 is 2.13 bits per heavy atom. The van der Waals surface area contributed by atoms with Crippen LogP contribution in [0.2, 0.25) is 0 Å². The van der Waals surface area contributed by atoms with Gasteiger partial charge in [-0.3, -0.25) is 14.3 Å². The smallest absolute Gasteiger partial charge is 1.00 e. The van der Waals surface area contributed by atoms with Crippen LogP contribution in [0.15, 0.2) is 58.1 Å². The Morgan fingerprint density at radius 1 is 1.06 bits per heavy atom. The largest absolute Gasteiger partial charge is 1.00 e. The fraction of sp³-hybridized carbons (Fsp3) is 0. The molecule has 2 rings (SSSR count). The molecule has 1 atom stereocenters. The summed E-state index contributed by atoms with van der Waals surface area (Å²) in [6.07, 6.45) is 0. The second-order valence-corrected chi connectivity index (χ2v) is 9.02. The van der Waals surface area contributed by atoms with Gasteiger partial charge < -0.3 is 30.9 Å². The van der Waals surface area contributed by atoms with E-state index in [0.717, 1.165) is 4.47 Å². The number of hydrogen-bond donors (Lipinski definition) is 2. The summed E-state index contributed by atoms with van der Waals surface area (Å²) >= 11 is 8.07. The third-order valence-corrected chi connectivity index (χ3v) is 5.52. The first kappa shape index (κ1) is 34.5. The average molecular weight is 577 g/mol. The zero-order valence-electron chi connectivity index (χ0n) is 17.7. The van der Waals surface area contributed by atoms with Crippen molar-refractivity contribution in [3.8, 4) is 5.75 Å². The van der Waals surface area contributed by atoms with E-state index in [0.29, 0.717) is 16.8 Å². The molecule has 0 aromatic heterocycles. The molecule has 1 unspecified atom stereocenters. The molecule has 17 heteroatoms. The molecule has 0 heterocycles. The van der Waals surface area contributed by atoms with E-state index in [1.54, 1.807) is 30.3 Å². The molecule has 0 aliphatic rings. The van der Waals surface area contributed by atoms with Crippen LogP contribution in [0.5, 0.6) is 5.75 Å². The van der Waals surface area contributed by atoms with E-state index < -0.39 is 15.6 Å². The Balaban J connectivity index is -0.00000210. The molecule has 2 aromatic rings. The molecule has 2 aromatic carbocycles. The van der Waals surface area contributed by atoms with E-state index in [-0.39, 0.29) is 101 Å². The van der Waals surface area contributed by atoms with Crippen molar-refractivity contribution in [2.24, 2.45) is 10.8 Å². The van der Waals surface area contributed by atoms with Gasteiger partial charge in [-0.15, -0.1) is 0 Å². The summed E-state index contributed by atoms with van der Waals surface area (Å²) in [6.45, 7) is 0. The van der Waals surface area contributed by atoms with Crippen LogP contribution in [0.1, 0.15) is 12.6 Å². The Labute approximate surface area is 260 Å². The quantitative estimate of drug-likeness (QED) is 0.106. The molecule has 31 heavy (non-hydrogen) atoms. The van der Waals surface area contributed by atoms with Gasteiger partial charge in [0.25, 0.3) is 0 Å². The van der Waals surface area contributed by atoms with Crippen LogP contribution < -0.4 is 119 Å². The number of halogens is 1. The van der Waals surface area contributed by atoms with Crippen molar-refractivity contribution in [2.75, 3.05) is 0 Å². The van der Waals surface area contributed by atoms with E-state index in [9.17, 15) is 23.8 Å². The fourth-order valence-electron chi connectivity index (χ4n) is 2.01. The molecule has 3 N–H and O–H groups in total. The van der Waals surface area contributed by atoms with Gasteiger partial charge in [0.2, 0.25) is 0 Å². The molecule has 0 saturated heterocycles. The number of thiocarbonyl (C=S) groups is 1. The zero-order chi connectivity index (χ0) is 20.9. The minimum absolute atomic E-state index is 0. The van der Waals surface area contributed by atoms with E-state index in [2.05, 4.69) is 35.3 Å². The maximum absolute atomic E-state index is 11.6. The number of phosphoric acid groups is 2. The molecular weight excluding hydrogens is 565 g/mol. The van der Waals surface area contributed by atoms with Crippen molar-refractivity contribution in [3.63, 3.8) is 0 Å². The first-order valence-electron chi connectivity index (χ1n) is 7.19. The van der Waals surface area contributed by atoms with Crippen molar-refractivity contribution < 1.29 is 123 Å². The molecule has 0 fully saturated rings. The summed E-state index contributed by atoms with van der Waals surface area (Å²) in [6, 6.07) is 12.5. The summed E-state index contributed by atoms with van der Waals surface area (Å²) < 4.78 is 30.8. The van der Waals surface area contributed by atoms with Crippen molar-refractivity contribution in [3.05, 3.63) is 64.1 Å². The Bertz CT molecular complexity index is 1030. The molecule has 0 spiro atoms. The van der Waals surface area contributed by atoms with Gasteiger partial charge in [0.15, 0.2) is 5.11 Å². The third kappa shape index (κ3) is 13.2. The van der Waals surface area contributed by atoms with Gasteiger partial charge in [-0.25, -0.2) is 0 Å². The van der Waals surface area contributed by atoms with Crippen molar-refractivity contribution in [1.82, 2.24) is 5.43 Å². The average Bonchev–Trinajstić information content (AvgIpc) is 2.52. The summed E-state index contributed by atoms with van der Waals surface area (Å²) in [4.78, 5) is 32.6. The SMILES string of the molecule is NC(=S)NN=C(c1cccc(Br)c1)c1cccc(OP(=O)([O-])OP(=O)([O-])[O-])c1.[H-].[Na+].[Na+].[Na+]. The second-order valence-electron chi connectivity index (χ2n) is 5.04. The van der Waals surface area contributed by atoms with E-state index >= 15 is 0 Å². The van der Waals surface area contributed by atoms with Crippen molar-refractivity contribution >= 4 is 54.6 Å². The van der Waals surface area contributed by atoms with Crippen LogP contribution in [0, 0.1) is 0 Å². The van der Waals surface area contributed by atoms with E-state index in [4.69, 9.17) is 18.0 Å². The second kappa shape index (κ2) is 15.4.